The van der Waals surface area contributed by atoms with E-state index in [2.05, 4.69) is 0 Å². The summed E-state index contributed by atoms with van der Waals surface area (Å²) in [6.45, 7) is 0.660. The van der Waals surface area contributed by atoms with E-state index in [-0.39, 0.29) is 18.1 Å². The summed E-state index contributed by atoms with van der Waals surface area (Å²) in [5.41, 5.74) is -1.51. The van der Waals surface area contributed by atoms with Gasteiger partial charge in [-0.15, -0.1) is 0 Å². The standard InChI is InChI=1S/C15H16F4O2/c16-13-6-4-10(9-12(13)15(17,18)19)14(20)7-5-11-3-1-2-8-21-11/h4,6,9,11H,1-3,5,7-8H2. The zero-order chi connectivity index (χ0) is 15.5. The van der Waals surface area contributed by atoms with Crippen molar-refractivity contribution >= 4 is 5.78 Å². The summed E-state index contributed by atoms with van der Waals surface area (Å²) in [6.07, 6.45) is -1.32. The number of ether oxygens (including phenoxy) is 1. The largest absolute Gasteiger partial charge is 0.419 e. The Labute approximate surface area is 120 Å². The van der Waals surface area contributed by atoms with Crippen LogP contribution in [-0.2, 0) is 10.9 Å². The molecule has 0 spiro atoms. The normalized spacial score (nSPS) is 19.5. The lowest BCUT2D eigenvalue weighted by Crippen LogP contribution is -2.20. The van der Waals surface area contributed by atoms with Crippen molar-refractivity contribution in [2.75, 3.05) is 6.61 Å². The number of alkyl halides is 3. The third-order valence-corrected chi connectivity index (χ3v) is 3.56. The van der Waals surface area contributed by atoms with Crippen LogP contribution in [0.25, 0.3) is 0 Å². The first-order valence-corrected chi connectivity index (χ1v) is 6.89. The SMILES string of the molecule is O=C(CCC1CCCCO1)c1ccc(F)c(C(F)(F)F)c1. The maximum atomic E-state index is 13.2. The third kappa shape index (κ3) is 4.27. The monoisotopic (exact) mass is 304 g/mol. The highest BCUT2D eigenvalue weighted by Crippen LogP contribution is 2.32. The zero-order valence-electron chi connectivity index (χ0n) is 11.4. The van der Waals surface area contributed by atoms with Gasteiger partial charge in [-0.2, -0.15) is 13.2 Å². The van der Waals surface area contributed by atoms with E-state index in [1.165, 1.54) is 0 Å². The van der Waals surface area contributed by atoms with Gasteiger partial charge in [-0.05, 0) is 43.9 Å². The van der Waals surface area contributed by atoms with Gasteiger partial charge in [0.05, 0.1) is 11.7 Å². The molecule has 1 aromatic carbocycles. The minimum Gasteiger partial charge on any atom is -0.378 e. The van der Waals surface area contributed by atoms with Crippen LogP contribution >= 0.6 is 0 Å². The first kappa shape index (κ1) is 15.9. The average molecular weight is 304 g/mol. The maximum Gasteiger partial charge on any atom is 0.419 e. The van der Waals surface area contributed by atoms with Crippen molar-refractivity contribution in [3.63, 3.8) is 0 Å². The van der Waals surface area contributed by atoms with Crippen LogP contribution in [0, 0.1) is 5.82 Å². The number of rotatable bonds is 4. The molecule has 0 bridgehead atoms. The van der Waals surface area contributed by atoms with Crippen LogP contribution in [-0.4, -0.2) is 18.5 Å². The summed E-state index contributed by atoms with van der Waals surface area (Å²) < 4.78 is 56.4. The molecule has 1 saturated heterocycles. The molecule has 1 fully saturated rings. The number of hydrogen-bond donors (Lipinski definition) is 0. The molecule has 21 heavy (non-hydrogen) atoms. The lowest BCUT2D eigenvalue weighted by molar-refractivity contribution is -0.140. The van der Waals surface area contributed by atoms with Gasteiger partial charge < -0.3 is 4.74 Å². The molecule has 0 N–H and O–H groups in total. The van der Waals surface area contributed by atoms with Gasteiger partial charge in [-0.3, -0.25) is 4.79 Å². The molecule has 0 radical (unpaired) electrons. The third-order valence-electron chi connectivity index (χ3n) is 3.56. The lowest BCUT2D eigenvalue weighted by Gasteiger charge is -2.22. The van der Waals surface area contributed by atoms with Crippen molar-refractivity contribution < 1.29 is 27.1 Å². The first-order valence-electron chi connectivity index (χ1n) is 6.89. The fourth-order valence-corrected chi connectivity index (χ4v) is 2.39. The number of ketones is 1. The molecule has 1 aromatic rings. The Morgan fingerprint density at radius 2 is 2.05 bits per heavy atom. The molecule has 0 aromatic heterocycles. The Bertz CT molecular complexity index is 505. The molecule has 1 unspecified atom stereocenters. The second-order valence-corrected chi connectivity index (χ2v) is 5.14. The van der Waals surface area contributed by atoms with Gasteiger partial charge in [-0.25, -0.2) is 4.39 Å². The van der Waals surface area contributed by atoms with E-state index < -0.39 is 23.3 Å². The van der Waals surface area contributed by atoms with E-state index in [0.717, 1.165) is 25.3 Å². The summed E-state index contributed by atoms with van der Waals surface area (Å²) in [5.74, 6) is -1.79. The van der Waals surface area contributed by atoms with E-state index >= 15 is 0 Å². The van der Waals surface area contributed by atoms with Gasteiger partial charge >= 0.3 is 6.18 Å². The molecule has 2 rings (SSSR count). The van der Waals surface area contributed by atoms with Crippen LogP contribution in [0.3, 0.4) is 0 Å². The summed E-state index contributed by atoms with van der Waals surface area (Å²) in [7, 11) is 0. The number of hydrogen-bond acceptors (Lipinski definition) is 2. The molecule has 0 amide bonds. The molecule has 0 saturated carbocycles. The molecule has 1 aliphatic rings. The fourth-order valence-electron chi connectivity index (χ4n) is 2.39. The summed E-state index contributed by atoms with van der Waals surface area (Å²) in [5, 5.41) is 0. The Hall–Kier alpha value is -1.43. The number of halogens is 4. The Kier molecular flexibility index (Phi) is 4.98. The predicted molar refractivity (Wildman–Crippen MR) is 68.6 cm³/mol. The van der Waals surface area contributed by atoms with Crippen molar-refractivity contribution in [1.82, 2.24) is 0 Å². The minimum absolute atomic E-state index is 0.00904. The van der Waals surface area contributed by atoms with Crippen molar-refractivity contribution in [2.24, 2.45) is 0 Å². The summed E-state index contributed by atoms with van der Waals surface area (Å²) in [4.78, 5) is 11.9. The van der Waals surface area contributed by atoms with Gasteiger partial charge in [0, 0.05) is 18.6 Å². The maximum absolute atomic E-state index is 13.2. The Morgan fingerprint density at radius 3 is 2.67 bits per heavy atom. The van der Waals surface area contributed by atoms with E-state index in [1.54, 1.807) is 0 Å². The van der Waals surface area contributed by atoms with Crippen molar-refractivity contribution in [3.05, 3.63) is 35.1 Å². The highest BCUT2D eigenvalue weighted by molar-refractivity contribution is 5.96. The number of benzene rings is 1. The summed E-state index contributed by atoms with van der Waals surface area (Å²) in [6, 6.07) is 2.36. The Balaban J connectivity index is 2.02. The molecule has 0 aliphatic carbocycles. The van der Waals surface area contributed by atoms with Crippen molar-refractivity contribution in [1.29, 1.82) is 0 Å². The highest BCUT2D eigenvalue weighted by Gasteiger charge is 2.34. The molecule has 1 aliphatic heterocycles. The lowest BCUT2D eigenvalue weighted by atomic mass is 9.99. The number of carbonyl (C=O) groups excluding carboxylic acids is 1. The van der Waals surface area contributed by atoms with E-state index in [4.69, 9.17) is 4.74 Å². The van der Waals surface area contributed by atoms with E-state index in [9.17, 15) is 22.4 Å². The quantitative estimate of drug-likeness (QED) is 0.609. The Morgan fingerprint density at radius 1 is 1.29 bits per heavy atom. The molecule has 6 heteroatoms. The zero-order valence-corrected chi connectivity index (χ0v) is 11.4. The van der Waals surface area contributed by atoms with E-state index in [0.29, 0.717) is 25.2 Å². The molecule has 1 heterocycles. The fraction of sp³-hybridized carbons (Fsp3) is 0.533. The van der Waals surface area contributed by atoms with Gasteiger partial charge in [0.25, 0.3) is 0 Å². The second-order valence-electron chi connectivity index (χ2n) is 5.14. The van der Waals surface area contributed by atoms with Crippen LogP contribution in [0.5, 0.6) is 0 Å². The minimum atomic E-state index is -4.80. The first-order chi connectivity index (χ1) is 9.88. The smallest absolute Gasteiger partial charge is 0.378 e. The molecular weight excluding hydrogens is 288 g/mol. The van der Waals surface area contributed by atoms with Crippen LogP contribution in [0.15, 0.2) is 18.2 Å². The van der Waals surface area contributed by atoms with Gasteiger partial charge in [0.2, 0.25) is 0 Å². The van der Waals surface area contributed by atoms with Crippen LogP contribution in [0.4, 0.5) is 17.6 Å². The second kappa shape index (κ2) is 6.56. The number of Topliss-reactive ketones (excluding diaryl/α,β-unsaturated/α-hetero) is 1. The highest BCUT2D eigenvalue weighted by atomic mass is 19.4. The average Bonchev–Trinajstić information content (AvgIpc) is 2.45. The number of carbonyl (C=O) groups is 1. The van der Waals surface area contributed by atoms with E-state index in [1.807, 2.05) is 0 Å². The van der Waals surface area contributed by atoms with Crippen LogP contribution in [0.2, 0.25) is 0 Å². The topological polar surface area (TPSA) is 26.3 Å². The summed E-state index contributed by atoms with van der Waals surface area (Å²) >= 11 is 0. The van der Waals surface area contributed by atoms with Gasteiger partial charge in [-0.1, -0.05) is 0 Å². The van der Waals surface area contributed by atoms with Gasteiger partial charge in [0.15, 0.2) is 5.78 Å². The molecule has 1 atom stereocenters. The molecule has 2 nitrogen and oxygen atoms in total. The predicted octanol–water partition coefficient (Wildman–Crippen LogP) is 4.38. The molecule has 116 valence electrons. The van der Waals surface area contributed by atoms with Crippen molar-refractivity contribution in [2.45, 2.75) is 44.4 Å². The molecular formula is C15H16F4O2. The van der Waals surface area contributed by atoms with Crippen LogP contribution in [0.1, 0.15) is 48.0 Å². The van der Waals surface area contributed by atoms with Gasteiger partial charge in [0.1, 0.15) is 5.82 Å². The van der Waals surface area contributed by atoms with Crippen molar-refractivity contribution in [3.8, 4) is 0 Å². The van der Waals surface area contributed by atoms with Crippen LogP contribution < -0.4 is 0 Å².